The zero-order valence-electron chi connectivity index (χ0n) is 8.53. The van der Waals surface area contributed by atoms with Crippen LogP contribution in [-0.2, 0) is 10.0 Å². The van der Waals surface area contributed by atoms with Crippen LogP contribution in [0.15, 0.2) is 0 Å². The minimum absolute atomic E-state index is 0.0359. The second-order valence-electron chi connectivity index (χ2n) is 4.84. The Morgan fingerprint density at radius 2 is 1.86 bits per heavy atom. The van der Waals surface area contributed by atoms with Crippen molar-refractivity contribution in [2.45, 2.75) is 50.3 Å². The van der Waals surface area contributed by atoms with Crippen LogP contribution in [-0.4, -0.2) is 23.7 Å². The highest BCUT2D eigenvalue weighted by Gasteiger charge is 2.59. The van der Waals surface area contributed by atoms with Crippen LogP contribution in [0.2, 0.25) is 0 Å². The number of rotatable bonds is 0. The minimum Gasteiger partial charge on any atom is -0.210 e. The van der Waals surface area contributed by atoms with Crippen LogP contribution in [0.4, 0.5) is 4.48 Å². The van der Waals surface area contributed by atoms with Crippen molar-refractivity contribution in [3.63, 3.8) is 0 Å². The van der Waals surface area contributed by atoms with E-state index in [4.69, 9.17) is 0 Å². The molecule has 2 rings (SSSR count). The molecule has 3 nitrogen and oxygen atoms in total. The molecule has 2 unspecified atom stereocenters. The lowest BCUT2D eigenvalue weighted by Gasteiger charge is -2.31. The van der Waals surface area contributed by atoms with E-state index in [0.29, 0.717) is 6.42 Å². The van der Waals surface area contributed by atoms with Gasteiger partial charge in [-0.25, -0.2) is 8.42 Å². The van der Waals surface area contributed by atoms with Crippen LogP contribution in [0.1, 0.15) is 39.5 Å². The molecule has 0 aromatic heterocycles. The van der Waals surface area contributed by atoms with Crippen molar-refractivity contribution < 1.29 is 12.9 Å². The average molecular weight is 221 g/mol. The molecule has 0 spiro atoms. The fourth-order valence-corrected chi connectivity index (χ4v) is 5.22. The van der Waals surface area contributed by atoms with Gasteiger partial charge in [-0.15, -0.1) is 4.48 Å². The Hall–Kier alpha value is -0.160. The molecule has 0 N–H and O–H groups in total. The molecule has 5 heteroatoms. The second-order valence-corrected chi connectivity index (χ2v) is 6.80. The number of halogens is 1. The van der Waals surface area contributed by atoms with Crippen molar-refractivity contribution in [2.24, 2.45) is 5.92 Å². The summed E-state index contributed by atoms with van der Waals surface area (Å²) >= 11 is 0. The Kier molecular flexibility index (Phi) is 2.16. The van der Waals surface area contributed by atoms with Crippen LogP contribution < -0.4 is 0 Å². The largest absolute Gasteiger partial charge is 0.243 e. The van der Waals surface area contributed by atoms with Gasteiger partial charge in [-0.2, -0.15) is 0 Å². The van der Waals surface area contributed by atoms with Gasteiger partial charge in [0.15, 0.2) is 0 Å². The predicted molar refractivity (Wildman–Crippen MR) is 51.7 cm³/mol. The van der Waals surface area contributed by atoms with E-state index < -0.39 is 20.8 Å². The fraction of sp³-hybridized carbons (Fsp3) is 1.00. The van der Waals surface area contributed by atoms with Gasteiger partial charge in [0.2, 0.25) is 10.0 Å². The molecule has 14 heavy (non-hydrogen) atoms. The van der Waals surface area contributed by atoms with Gasteiger partial charge in [0.1, 0.15) is 0 Å². The summed E-state index contributed by atoms with van der Waals surface area (Å²) in [7, 11) is -3.67. The lowest BCUT2D eigenvalue weighted by atomic mass is 9.77. The maximum Gasteiger partial charge on any atom is 0.243 e. The lowest BCUT2D eigenvalue weighted by Crippen LogP contribution is -2.39. The Labute approximate surface area is 84.3 Å². The highest BCUT2D eigenvalue weighted by atomic mass is 32.2. The summed E-state index contributed by atoms with van der Waals surface area (Å²) in [6, 6.07) is 0. The average Bonchev–Trinajstić information content (AvgIpc) is 2.28. The summed E-state index contributed by atoms with van der Waals surface area (Å²) in [5, 5.41) is -0.476. The zero-order valence-corrected chi connectivity index (χ0v) is 9.35. The molecule has 1 saturated carbocycles. The van der Waals surface area contributed by atoms with E-state index in [9.17, 15) is 12.9 Å². The summed E-state index contributed by atoms with van der Waals surface area (Å²) in [5.41, 5.74) is -0.843. The van der Waals surface area contributed by atoms with Gasteiger partial charge in [-0.1, -0.05) is 12.8 Å². The van der Waals surface area contributed by atoms with Crippen molar-refractivity contribution in [1.29, 1.82) is 0 Å². The van der Waals surface area contributed by atoms with Crippen molar-refractivity contribution in [3.8, 4) is 0 Å². The molecular weight excluding hydrogens is 205 g/mol. The molecule has 0 aromatic rings. The Balaban J connectivity index is 2.45. The first-order valence-electron chi connectivity index (χ1n) is 5.08. The summed E-state index contributed by atoms with van der Waals surface area (Å²) in [6.45, 7) is 3.36. The molecule has 2 fully saturated rings. The number of sulfonamides is 1. The van der Waals surface area contributed by atoms with Gasteiger partial charge in [0, 0.05) is 0 Å². The summed E-state index contributed by atoms with van der Waals surface area (Å²) in [6.07, 6.45) is 3.38. The van der Waals surface area contributed by atoms with Crippen LogP contribution in [0, 0.1) is 5.92 Å². The van der Waals surface area contributed by atoms with E-state index in [1.807, 2.05) is 0 Å². The van der Waals surface area contributed by atoms with Gasteiger partial charge < -0.3 is 0 Å². The second kappa shape index (κ2) is 2.92. The van der Waals surface area contributed by atoms with Gasteiger partial charge in [0.05, 0.1) is 10.8 Å². The monoisotopic (exact) mass is 221 g/mol. The number of fused-ring (bicyclic) bond motifs is 1. The highest BCUT2D eigenvalue weighted by Crippen LogP contribution is 2.48. The molecular formula is C9H16FNO2S. The van der Waals surface area contributed by atoms with E-state index in [1.54, 1.807) is 13.8 Å². The number of hydrogen-bond donors (Lipinski definition) is 0. The predicted octanol–water partition coefficient (Wildman–Crippen LogP) is 1.85. The standard InChI is InChI=1S/C9H16FNO2S/c1-9(2)7-5-3-4-6-8(7)14(12,13)11(9)10/h7-8H,3-6H2,1-2H3. The molecule has 1 saturated heterocycles. The first-order chi connectivity index (χ1) is 6.38. The Morgan fingerprint density at radius 3 is 2.43 bits per heavy atom. The zero-order chi connectivity index (χ0) is 10.6. The topological polar surface area (TPSA) is 37.4 Å². The van der Waals surface area contributed by atoms with Crippen molar-refractivity contribution in [1.82, 2.24) is 4.53 Å². The minimum atomic E-state index is -3.67. The van der Waals surface area contributed by atoms with Gasteiger partial charge in [-0.3, -0.25) is 0 Å². The van der Waals surface area contributed by atoms with Crippen LogP contribution in [0.3, 0.4) is 0 Å². The van der Waals surface area contributed by atoms with E-state index in [2.05, 4.69) is 0 Å². The maximum absolute atomic E-state index is 13.6. The van der Waals surface area contributed by atoms with E-state index in [0.717, 1.165) is 19.3 Å². The highest BCUT2D eigenvalue weighted by molar-refractivity contribution is 7.89. The van der Waals surface area contributed by atoms with E-state index >= 15 is 0 Å². The molecule has 1 aliphatic carbocycles. The van der Waals surface area contributed by atoms with Gasteiger partial charge in [0.25, 0.3) is 0 Å². The molecule has 0 aromatic carbocycles. The molecule has 0 amide bonds. The van der Waals surface area contributed by atoms with Crippen molar-refractivity contribution in [2.75, 3.05) is 0 Å². The molecule has 0 bridgehead atoms. The molecule has 1 aliphatic heterocycles. The van der Waals surface area contributed by atoms with Gasteiger partial charge >= 0.3 is 0 Å². The van der Waals surface area contributed by atoms with E-state index in [-0.39, 0.29) is 10.4 Å². The third kappa shape index (κ3) is 1.15. The van der Waals surface area contributed by atoms with Crippen molar-refractivity contribution >= 4 is 10.0 Å². The molecule has 82 valence electrons. The van der Waals surface area contributed by atoms with Crippen LogP contribution in [0.5, 0.6) is 0 Å². The molecule has 2 atom stereocenters. The number of hydrogen-bond acceptors (Lipinski definition) is 2. The van der Waals surface area contributed by atoms with Crippen LogP contribution in [0.25, 0.3) is 0 Å². The van der Waals surface area contributed by atoms with Crippen LogP contribution >= 0.6 is 0 Å². The Bertz CT molecular complexity index is 339. The molecule has 0 radical (unpaired) electrons. The van der Waals surface area contributed by atoms with Gasteiger partial charge in [-0.05, 0) is 37.1 Å². The summed E-state index contributed by atoms with van der Waals surface area (Å²) < 4.78 is 37.1. The maximum atomic E-state index is 13.6. The third-order valence-corrected chi connectivity index (χ3v) is 5.92. The van der Waals surface area contributed by atoms with Crippen molar-refractivity contribution in [3.05, 3.63) is 0 Å². The SMILES string of the molecule is CC1(C)C2CCCCC2S(=O)(=O)N1F. The smallest absolute Gasteiger partial charge is 0.210 e. The first kappa shape index (κ1) is 10.4. The molecule has 1 heterocycles. The Morgan fingerprint density at radius 1 is 1.29 bits per heavy atom. The molecule has 2 aliphatic rings. The third-order valence-electron chi connectivity index (χ3n) is 3.67. The number of nitrogens with zero attached hydrogens (tertiary/aromatic N) is 1. The van der Waals surface area contributed by atoms with E-state index in [1.165, 1.54) is 0 Å². The normalized spacial score (nSPS) is 40.8. The lowest BCUT2D eigenvalue weighted by molar-refractivity contribution is 0.0104. The quantitative estimate of drug-likeness (QED) is 0.585. The summed E-state index contributed by atoms with van der Waals surface area (Å²) in [5.74, 6) is -0.0359. The first-order valence-corrected chi connectivity index (χ1v) is 6.59. The fourth-order valence-electron chi connectivity index (χ4n) is 2.84. The summed E-state index contributed by atoms with van der Waals surface area (Å²) in [4.78, 5) is 0.